The first kappa shape index (κ1) is 8.82. The normalized spacial score (nSPS) is 4.50. The summed E-state index contributed by atoms with van der Waals surface area (Å²) in [5.74, 6) is 0. The first-order valence-corrected chi connectivity index (χ1v) is 2.54. The molecule has 0 unspecified atom stereocenters. The van der Waals surface area contributed by atoms with Crippen LogP contribution in [-0.4, -0.2) is 27.8 Å². The summed E-state index contributed by atoms with van der Waals surface area (Å²) in [6.45, 7) is 0. The van der Waals surface area contributed by atoms with Crippen molar-refractivity contribution in [3.05, 3.63) is 0 Å². The average molecular weight is 175 g/mol. The number of halogens is 2. The minimum atomic E-state index is -2.77. The van der Waals surface area contributed by atoms with Crippen LogP contribution in [0.15, 0.2) is 0 Å². The summed E-state index contributed by atoms with van der Waals surface area (Å²) in [6, 6.07) is 0. The van der Waals surface area contributed by atoms with E-state index in [0.29, 0.717) is 0 Å². The zero-order valence-electron chi connectivity index (χ0n) is 1.76. The van der Waals surface area contributed by atoms with Crippen molar-refractivity contribution >= 4 is 22.3 Å². The van der Waals surface area contributed by atoms with E-state index in [1.165, 1.54) is 0 Å². The molecule has 0 spiro atoms. The Morgan fingerprint density at radius 1 is 1.25 bits per heavy atom. The van der Waals surface area contributed by atoms with Gasteiger partial charge in [-0.05, 0) is 0 Å². The molecule has 0 saturated carbocycles. The molecule has 4 heteroatoms. The molecule has 0 aliphatic heterocycles. The van der Waals surface area contributed by atoms with E-state index >= 15 is 0 Å². The Balaban J connectivity index is 0. The Kier molecular flexibility index (Phi) is 20.9. The number of hydrogen-bond acceptors (Lipinski definition) is 0. The van der Waals surface area contributed by atoms with Crippen LogP contribution < -0.4 is 0 Å². The fourth-order valence-electron chi connectivity index (χ4n) is 0. The average Bonchev–Trinajstić information content (AvgIpc) is 0.918. The van der Waals surface area contributed by atoms with Crippen molar-refractivity contribution in [1.82, 2.24) is 0 Å². The molecule has 0 rings (SSSR count). The van der Waals surface area contributed by atoms with E-state index in [1.54, 1.807) is 0 Å². The Labute approximate surface area is 34.1 Å². The predicted molar refractivity (Wildman–Crippen MR) is 11.6 cm³/mol. The predicted octanol–water partition coefficient (Wildman–Crippen LogP) is -0.365. The Morgan fingerprint density at radius 2 is 1.25 bits per heavy atom. The monoisotopic (exact) mass is 176 g/mol. The Bertz CT molecular complexity index is 6.00. The summed E-state index contributed by atoms with van der Waals surface area (Å²) in [4.78, 5) is 0. The van der Waals surface area contributed by atoms with Crippen LogP contribution in [0, 0.1) is 0 Å². The van der Waals surface area contributed by atoms with E-state index in [9.17, 15) is 5.73 Å². The van der Waals surface area contributed by atoms with Crippen molar-refractivity contribution < 1.29 is 11.2 Å². The topological polar surface area (TPSA) is 31.5 Å². The van der Waals surface area contributed by atoms with Crippen LogP contribution in [0.25, 0.3) is 0 Å². The molecular weight excluding hydrogens is 173 g/mol. The summed E-state index contributed by atoms with van der Waals surface area (Å²) in [7, 11) is 0. The third-order valence-corrected chi connectivity index (χ3v) is 0. The molecule has 0 aromatic heterocycles. The summed E-state index contributed by atoms with van der Waals surface area (Å²) < 4.78 is 19.6. The standard InChI is InChI=1S/2FH.H2O.Sn/h2*1H;1H2;/q;;;+2/p-2. The second kappa shape index (κ2) is 9.47. The number of rotatable bonds is 0. The Hall–Kier alpha value is 0.619. The third-order valence-electron chi connectivity index (χ3n) is 0. The van der Waals surface area contributed by atoms with Crippen molar-refractivity contribution in [2.24, 2.45) is 0 Å². The molecule has 2 radical (unpaired) electrons. The molecule has 0 bridgehead atoms. The molecule has 0 amide bonds. The van der Waals surface area contributed by atoms with Crippen LogP contribution >= 0.6 is 0 Å². The molecule has 0 heterocycles. The maximum absolute atomic E-state index is 9.80. The van der Waals surface area contributed by atoms with Crippen LogP contribution in [0.2, 0.25) is 0 Å². The van der Waals surface area contributed by atoms with Crippen LogP contribution in [0.3, 0.4) is 0 Å². The molecule has 0 saturated heterocycles. The molecule has 0 aromatic rings. The van der Waals surface area contributed by atoms with E-state index in [0.717, 1.165) is 0 Å². The fraction of sp³-hybridized carbons (Fsp3) is 0. The van der Waals surface area contributed by atoms with Crippen LogP contribution in [0.1, 0.15) is 0 Å². The first-order valence-electron chi connectivity index (χ1n) is 0.378. The molecule has 26 valence electrons. The van der Waals surface area contributed by atoms with Gasteiger partial charge in [-0.2, -0.15) is 0 Å². The maximum atomic E-state index is 9.80. The van der Waals surface area contributed by atoms with E-state index in [-0.39, 0.29) is 5.48 Å². The Morgan fingerprint density at radius 3 is 1.25 bits per heavy atom. The van der Waals surface area contributed by atoms with Crippen LogP contribution in [-0.2, 0) is 0 Å². The van der Waals surface area contributed by atoms with E-state index in [4.69, 9.17) is 0 Å². The third kappa shape index (κ3) is 17.9. The van der Waals surface area contributed by atoms with Crippen LogP contribution in [0.4, 0.5) is 5.73 Å². The molecule has 1 nitrogen and oxygen atoms in total. The van der Waals surface area contributed by atoms with Crippen molar-refractivity contribution in [2.45, 2.75) is 0 Å². The molecular formula is H2F2OSn. The number of hydrogen-bond donors (Lipinski definition) is 0. The zero-order valence-corrected chi connectivity index (χ0v) is 4.61. The summed E-state index contributed by atoms with van der Waals surface area (Å²) in [6.07, 6.45) is 0. The molecule has 4 heavy (non-hydrogen) atoms. The summed E-state index contributed by atoms with van der Waals surface area (Å²) >= 11 is -2.77. The second-order valence-electron chi connectivity index (χ2n) is 0.0714. The molecule has 0 fully saturated rings. The van der Waals surface area contributed by atoms with Gasteiger partial charge in [-0.25, -0.2) is 0 Å². The van der Waals surface area contributed by atoms with Gasteiger partial charge in [0.2, 0.25) is 0 Å². The molecule has 0 aliphatic rings. The van der Waals surface area contributed by atoms with Crippen molar-refractivity contribution in [3.63, 3.8) is 0 Å². The van der Waals surface area contributed by atoms with Crippen LogP contribution in [0.5, 0.6) is 0 Å². The molecule has 2 N–H and O–H groups in total. The SMILES string of the molecule is O.[F][Sn][F]. The van der Waals surface area contributed by atoms with Gasteiger partial charge in [0.25, 0.3) is 0 Å². The van der Waals surface area contributed by atoms with Gasteiger partial charge in [0.05, 0.1) is 0 Å². The van der Waals surface area contributed by atoms with Gasteiger partial charge < -0.3 is 5.48 Å². The van der Waals surface area contributed by atoms with Crippen molar-refractivity contribution in [1.29, 1.82) is 0 Å². The van der Waals surface area contributed by atoms with Gasteiger partial charge in [-0.1, -0.05) is 0 Å². The van der Waals surface area contributed by atoms with Gasteiger partial charge in [0.1, 0.15) is 0 Å². The van der Waals surface area contributed by atoms with Crippen molar-refractivity contribution in [2.75, 3.05) is 0 Å². The summed E-state index contributed by atoms with van der Waals surface area (Å²) in [5.41, 5.74) is 0. The van der Waals surface area contributed by atoms with Gasteiger partial charge in [-0.3, -0.25) is 0 Å². The summed E-state index contributed by atoms with van der Waals surface area (Å²) in [5, 5.41) is 0. The minimum absolute atomic E-state index is 0. The van der Waals surface area contributed by atoms with Crippen molar-refractivity contribution in [3.8, 4) is 0 Å². The van der Waals surface area contributed by atoms with Gasteiger partial charge in [0, 0.05) is 0 Å². The molecule has 0 aliphatic carbocycles. The molecule has 0 atom stereocenters. The van der Waals surface area contributed by atoms with E-state index in [1.807, 2.05) is 0 Å². The quantitative estimate of drug-likeness (QED) is 0.450. The second-order valence-corrected chi connectivity index (χ2v) is 0.479. The zero-order chi connectivity index (χ0) is 2.71. The molecule has 0 aromatic carbocycles. The fourth-order valence-corrected chi connectivity index (χ4v) is 0. The van der Waals surface area contributed by atoms with E-state index < -0.39 is 22.3 Å². The van der Waals surface area contributed by atoms with Gasteiger partial charge in [0.15, 0.2) is 0 Å². The van der Waals surface area contributed by atoms with E-state index in [2.05, 4.69) is 0 Å². The van der Waals surface area contributed by atoms with Gasteiger partial charge >= 0.3 is 28.0 Å². The van der Waals surface area contributed by atoms with Gasteiger partial charge in [-0.15, -0.1) is 0 Å². The first-order chi connectivity index (χ1) is 1.41.